The van der Waals surface area contributed by atoms with Crippen LogP contribution in [-0.2, 0) is 25.7 Å². The number of nitrogens with zero attached hydrogens (tertiary/aromatic N) is 1. The van der Waals surface area contributed by atoms with E-state index in [1.807, 2.05) is 44.2 Å². The molecule has 3 saturated heterocycles. The maximum atomic E-state index is 13.8. The predicted molar refractivity (Wildman–Crippen MR) is 125 cm³/mol. The van der Waals surface area contributed by atoms with Gasteiger partial charge in [-0.05, 0) is 24.3 Å². The molecule has 4 rings (SSSR count). The number of benzene rings is 1. The van der Waals surface area contributed by atoms with Crippen LogP contribution < -0.4 is 10.6 Å². The summed E-state index contributed by atoms with van der Waals surface area (Å²) in [5.74, 6) is -2.12. The third-order valence-electron chi connectivity index (χ3n) is 7.18. The zero-order valence-electron chi connectivity index (χ0n) is 19.2. The van der Waals surface area contributed by atoms with E-state index >= 15 is 0 Å². The highest BCUT2D eigenvalue weighted by Crippen LogP contribution is 2.60. The number of nitrogens with one attached hydrogen (secondary N) is 2. The first-order chi connectivity index (χ1) is 15.7. The Bertz CT molecular complexity index is 913. The molecule has 8 nitrogen and oxygen atoms in total. The molecule has 3 unspecified atom stereocenters. The summed E-state index contributed by atoms with van der Waals surface area (Å²) in [4.78, 5) is 41.7. The van der Waals surface area contributed by atoms with Gasteiger partial charge in [0, 0.05) is 18.4 Å². The molecule has 0 aromatic heterocycles. The van der Waals surface area contributed by atoms with Gasteiger partial charge in [-0.2, -0.15) is 0 Å². The molecular weight excluding hydrogens is 490 g/mol. The van der Waals surface area contributed by atoms with Crippen LogP contribution in [0.5, 0.6) is 0 Å². The maximum absolute atomic E-state index is 13.8. The molecular formula is C24H32BrN3O5. The average molecular weight is 522 g/mol. The third kappa shape index (κ3) is 3.98. The Morgan fingerprint density at radius 1 is 1.27 bits per heavy atom. The van der Waals surface area contributed by atoms with Crippen molar-refractivity contribution in [3.63, 3.8) is 0 Å². The molecule has 180 valence electrons. The molecule has 0 saturated carbocycles. The van der Waals surface area contributed by atoms with Crippen molar-refractivity contribution in [2.24, 2.45) is 17.8 Å². The van der Waals surface area contributed by atoms with E-state index in [2.05, 4.69) is 26.6 Å². The van der Waals surface area contributed by atoms with Crippen LogP contribution in [0.4, 0.5) is 0 Å². The van der Waals surface area contributed by atoms with Gasteiger partial charge in [-0.15, -0.1) is 0 Å². The highest BCUT2D eigenvalue weighted by atomic mass is 79.9. The number of hydrogen-bond acceptors (Lipinski definition) is 5. The number of halogens is 1. The van der Waals surface area contributed by atoms with E-state index in [0.29, 0.717) is 19.4 Å². The summed E-state index contributed by atoms with van der Waals surface area (Å²) in [6.45, 7) is 4.07. The monoisotopic (exact) mass is 521 g/mol. The molecule has 3 N–H and O–H groups in total. The largest absolute Gasteiger partial charge is 0.394 e. The minimum absolute atomic E-state index is 0.147. The smallest absolute Gasteiger partial charge is 0.246 e. The SMILES string of the molecule is CNC(=O)[C@H]1[C@@H]2OC3(CC2Br)C(C(=O)NCc2ccccc2)N([C@@H](CO)CC(C)C)C(=O)[C@H]13. The number of rotatable bonds is 8. The Hall–Kier alpha value is -1.97. The lowest BCUT2D eigenvalue weighted by molar-refractivity contribution is -0.146. The van der Waals surface area contributed by atoms with E-state index < -0.39 is 35.6 Å². The van der Waals surface area contributed by atoms with Crippen molar-refractivity contribution in [1.82, 2.24) is 15.5 Å². The van der Waals surface area contributed by atoms with Gasteiger partial charge in [0.05, 0.1) is 30.6 Å². The first kappa shape index (κ1) is 24.2. The Labute approximate surface area is 202 Å². The molecule has 3 amide bonds. The summed E-state index contributed by atoms with van der Waals surface area (Å²) >= 11 is 3.64. The number of likely N-dealkylation sites (tertiary alicyclic amines) is 1. The summed E-state index contributed by atoms with van der Waals surface area (Å²) in [6, 6.07) is 8.09. The highest BCUT2D eigenvalue weighted by Gasteiger charge is 2.76. The van der Waals surface area contributed by atoms with Crippen LogP contribution >= 0.6 is 15.9 Å². The van der Waals surface area contributed by atoms with E-state index in [0.717, 1.165) is 5.56 Å². The Balaban J connectivity index is 1.72. The molecule has 1 aromatic rings. The first-order valence-corrected chi connectivity index (χ1v) is 12.4. The number of carbonyl (C=O) groups is 3. The average Bonchev–Trinajstić information content (AvgIpc) is 3.39. The van der Waals surface area contributed by atoms with Crippen LogP contribution in [0.25, 0.3) is 0 Å². The summed E-state index contributed by atoms with van der Waals surface area (Å²) in [5, 5.41) is 15.8. The van der Waals surface area contributed by atoms with E-state index in [-0.39, 0.29) is 35.1 Å². The van der Waals surface area contributed by atoms with Gasteiger partial charge in [0.2, 0.25) is 17.7 Å². The number of alkyl halides is 1. The fourth-order valence-electron chi connectivity index (χ4n) is 5.93. The van der Waals surface area contributed by atoms with Crippen molar-refractivity contribution >= 4 is 33.7 Å². The van der Waals surface area contributed by atoms with Crippen LogP contribution in [0.1, 0.15) is 32.3 Å². The van der Waals surface area contributed by atoms with Gasteiger partial charge in [0.1, 0.15) is 11.6 Å². The van der Waals surface area contributed by atoms with Gasteiger partial charge in [-0.3, -0.25) is 14.4 Å². The molecule has 7 atom stereocenters. The number of fused-ring (bicyclic) bond motifs is 1. The van der Waals surface area contributed by atoms with Gasteiger partial charge in [-0.1, -0.05) is 60.1 Å². The van der Waals surface area contributed by atoms with E-state index in [9.17, 15) is 19.5 Å². The number of ether oxygens (including phenoxy) is 1. The predicted octanol–water partition coefficient (Wildman–Crippen LogP) is 1.20. The molecule has 3 aliphatic heterocycles. The van der Waals surface area contributed by atoms with Crippen molar-refractivity contribution in [2.75, 3.05) is 13.7 Å². The molecule has 3 fully saturated rings. The second kappa shape index (κ2) is 9.35. The summed E-state index contributed by atoms with van der Waals surface area (Å²) in [5.41, 5.74) is -0.173. The minimum Gasteiger partial charge on any atom is -0.394 e. The van der Waals surface area contributed by atoms with Gasteiger partial charge in [-0.25, -0.2) is 0 Å². The molecule has 0 aliphatic carbocycles. The zero-order valence-corrected chi connectivity index (χ0v) is 20.7. The molecule has 3 aliphatic rings. The third-order valence-corrected chi connectivity index (χ3v) is 8.03. The molecule has 33 heavy (non-hydrogen) atoms. The van der Waals surface area contributed by atoms with Gasteiger partial charge in [0.25, 0.3) is 0 Å². The quantitative estimate of drug-likeness (QED) is 0.445. The Morgan fingerprint density at radius 2 is 1.97 bits per heavy atom. The van der Waals surface area contributed by atoms with Gasteiger partial charge in [0.15, 0.2) is 0 Å². The summed E-state index contributed by atoms with van der Waals surface area (Å²) < 4.78 is 6.41. The molecule has 2 bridgehead atoms. The molecule has 0 radical (unpaired) electrons. The molecule has 1 aromatic carbocycles. The second-order valence-corrected chi connectivity index (χ2v) is 10.9. The zero-order chi connectivity index (χ0) is 23.9. The van der Waals surface area contributed by atoms with E-state index in [1.54, 1.807) is 7.05 Å². The second-order valence-electron chi connectivity index (χ2n) is 9.69. The van der Waals surface area contributed by atoms with Crippen LogP contribution in [-0.4, -0.2) is 70.0 Å². The molecule has 3 heterocycles. The van der Waals surface area contributed by atoms with Gasteiger partial charge < -0.3 is 25.4 Å². The lowest BCUT2D eigenvalue weighted by Gasteiger charge is -2.37. The number of hydrogen-bond donors (Lipinski definition) is 3. The first-order valence-electron chi connectivity index (χ1n) is 11.5. The van der Waals surface area contributed by atoms with Gasteiger partial charge >= 0.3 is 0 Å². The maximum Gasteiger partial charge on any atom is 0.246 e. The van der Waals surface area contributed by atoms with Crippen LogP contribution in [0.3, 0.4) is 0 Å². The highest BCUT2D eigenvalue weighted by molar-refractivity contribution is 9.09. The number of amides is 3. The van der Waals surface area contributed by atoms with Crippen molar-refractivity contribution in [1.29, 1.82) is 0 Å². The number of aliphatic hydroxyl groups excluding tert-OH is 1. The van der Waals surface area contributed by atoms with Crippen molar-refractivity contribution in [3.8, 4) is 0 Å². The fraction of sp³-hybridized carbons (Fsp3) is 0.625. The van der Waals surface area contributed by atoms with Crippen LogP contribution in [0.2, 0.25) is 0 Å². The molecule has 1 spiro atoms. The van der Waals surface area contributed by atoms with Crippen molar-refractivity contribution < 1.29 is 24.2 Å². The van der Waals surface area contributed by atoms with E-state index in [1.165, 1.54) is 4.90 Å². The summed E-state index contributed by atoms with van der Waals surface area (Å²) in [6.07, 6.45) is 0.504. The van der Waals surface area contributed by atoms with E-state index in [4.69, 9.17) is 4.74 Å². The Kier molecular flexibility index (Phi) is 6.85. The fourth-order valence-corrected chi connectivity index (χ4v) is 6.87. The van der Waals surface area contributed by atoms with Crippen molar-refractivity contribution in [2.45, 2.75) is 61.8 Å². The number of carbonyl (C=O) groups excluding carboxylic acids is 3. The normalized spacial score (nSPS) is 33.3. The van der Waals surface area contributed by atoms with Crippen molar-refractivity contribution in [3.05, 3.63) is 35.9 Å². The topological polar surface area (TPSA) is 108 Å². The standard InChI is InChI=1S/C24H32BrN3O5/c1-13(2)9-15(12-29)28-20(22(31)27-11-14-7-5-4-6-8-14)24-10-16(25)19(33-24)17(21(30)26-3)18(24)23(28)32/h4-8,13,15-20,29H,9-12H2,1-3H3,(H,26,30)(H,27,31)/t15-,16?,17-,18+,19-,20?,24?/m1/s1. The van der Waals surface area contributed by atoms with Crippen LogP contribution in [0, 0.1) is 17.8 Å². The molecule has 9 heteroatoms. The minimum atomic E-state index is -1.11. The van der Waals surface area contributed by atoms with Crippen LogP contribution in [0.15, 0.2) is 30.3 Å². The summed E-state index contributed by atoms with van der Waals surface area (Å²) in [7, 11) is 1.54. The number of aliphatic hydroxyl groups is 1. The lowest BCUT2D eigenvalue weighted by atomic mass is 9.70. The lowest BCUT2D eigenvalue weighted by Crippen LogP contribution is -2.58. The Morgan fingerprint density at radius 3 is 2.58 bits per heavy atom.